The average Bonchev–Trinajstić information content (AvgIpc) is 2.72. The van der Waals surface area contributed by atoms with Gasteiger partial charge in [-0.2, -0.15) is 0 Å². The number of para-hydroxylation sites is 3. The lowest BCUT2D eigenvalue weighted by atomic mass is 10.0. The summed E-state index contributed by atoms with van der Waals surface area (Å²) in [5.41, 5.74) is 1.20. The van der Waals surface area contributed by atoms with E-state index in [0.717, 1.165) is 0 Å². The van der Waals surface area contributed by atoms with E-state index in [1.807, 2.05) is 6.07 Å². The predicted octanol–water partition coefficient (Wildman–Crippen LogP) is 3.35. The molecule has 0 aliphatic carbocycles. The maximum absolute atomic E-state index is 12.8. The zero-order valence-corrected chi connectivity index (χ0v) is 16.4. The molecule has 0 unspecified atom stereocenters. The normalized spacial score (nSPS) is 11.8. The number of aromatic nitrogens is 2. The highest BCUT2D eigenvalue weighted by molar-refractivity contribution is 5.94. The van der Waals surface area contributed by atoms with Gasteiger partial charge in [0.1, 0.15) is 5.69 Å². The van der Waals surface area contributed by atoms with E-state index in [2.05, 4.69) is 15.3 Å². The molecule has 0 aliphatic rings. The molecule has 0 saturated heterocycles. The van der Waals surface area contributed by atoms with E-state index >= 15 is 0 Å². The summed E-state index contributed by atoms with van der Waals surface area (Å²) in [6.07, 6.45) is 0.696. The lowest BCUT2D eigenvalue weighted by Gasteiger charge is -2.19. The van der Waals surface area contributed by atoms with Gasteiger partial charge in [-0.3, -0.25) is 24.7 Å². The van der Waals surface area contributed by atoms with E-state index in [1.165, 1.54) is 24.4 Å². The van der Waals surface area contributed by atoms with Gasteiger partial charge in [0.25, 0.3) is 11.6 Å². The first-order valence-corrected chi connectivity index (χ1v) is 9.30. The van der Waals surface area contributed by atoms with Crippen LogP contribution in [-0.2, 0) is 9.53 Å². The van der Waals surface area contributed by atoms with Crippen LogP contribution in [0.2, 0.25) is 0 Å². The van der Waals surface area contributed by atoms with Crippen molar-refractivity contribution < 1.29 is 19.2 Å². The summed E-state index contributed by atoms with van der Waals surface area (Å²) >= 11 is 0. The molecule has 0 spiro atoms. The van der Waals surface area contributed by atoms with Gasteiger partial charge in [-0.05, 0) is 26.0 Å². The van der Waals surface area contributed by atoms with Crippen LogP contribution >= 0.6 is 0 Å². The summed E-state index contributed by atoms with van der Waals surface area (Å²) in [6, 6.07) is 12.0. The molecule has 0 bridgehead atoms. The fourth-order valence-electron chi connectivity index (χ4n) is 2.96. The van der Waals surface area contributed by atoms with Gasteiger partial charge in [-0.1, -0.05) is 30.3 Å². The second kappa shape index (κ2) is 9.08. The zero-order valence-electron chi connectivity index (χ0n) is 16.4. The highest BCUT2D eigenvalue weighted by Crippen LogP contribution is 2.28. The van der Waals surface area contributed by atoms with Crippen molar-refractivity contribution in [2.75, 3.05) is 0 Å². The van der Waals surface area contributed by atoms with Crippen molar-refractivity contribution in [2.45, 2.75) is 32.4 Å². The number of nitro groups is 1. The topological polar surface area (TPSA) is 124 Å². The number of nitrogens with one attached hydrogen (secondary N) is 1. The Labute approximate surface area is 172 Å². The molecule has 9 nitrogen and oxygen atoms in total. The standard InChI is InChI=1S/C21H20N4O5/c1-13(2)30-20(26)11-17(14-7-3-6-10-19(14)25(28)29)24-21(27)18-12-22-15-8-4-5-9-16(15)23-18/h3-10,12-13,17H,11H2,1-2H3,(H,24,27)/t17-/m1/s1. The molecule has 3 rings (SSSR count). The Hall–Kier alpha value is -3.88. The number of esters is 1. The largest absolute Gasteiger partial charge is 0.463 e. The Kier molecular flexibility index (Phi) is 6.31. The highest BCUT2D eigenvalue weighted by atomic mass is 16.6. The second-order valence-electron chi connectivity index (χ2n) is 6.83. The Morgan fingerprint density at radius 1 is 1.10 bits per heavy atom. The minimum Gasteiger partial charge on any atom is -0.463 e. The number of carbonyl (C=O) groups is 2. The van der Waals surface area contributed by atoms with E-state index in [4.69, 9.17) is 4.74 Å². The van der Waals surface area contributed by atoms with Gasteiger partial charge in [-0.15, -0.1) is 0 Å². The molecule has 1 aromatic heterocycles. The number of hydrogen-bond acceptors (Lipinski definition) is 7. The number of fused-ring (bicyclic) bond motifs is 1. The van der Waals surface area contributed by atoms with Crippen molar-refractivity contribution in [1.29, 1.82) is 0 Å². The fraction of sp³-hybridized carbons (Fsp3) is 0.238. The molecule has 9 heteroatoms. The van der Waals surface area contributed by atoms with Crippen LogP contribution in [-0.4, -0.2) is 32.9 Å². The van der Waals surface area contributed by atoms with E-state index in [1.54, 1.807) is 38.1 Å². The first-order chi connectivity index (χ1) is 14.3. The third-order valence-corrected chi connectivity index (χ3v) is 4.23. The van der Waals surface area contributed by atoms with Crippen LogP contribution in [0, 0.1) is 10.1 Å². The van der Waals surface area contributed by atoms with Crippen molar-refractivity contribution in [3.05, 3.63) is 76.1 Å². The molecule has 0 radical (unpaired) electrons. The molecule has 1 heterocycles. The molecular formula is C21H20N4O5. The number of benzene rings is 2. The number of hydrogen-bond donors (Lipinski definition) is 1. The monoisotopic (exact) mass is 408 g/mol. The lowest BCUT2D eigenvalue weighted by molar-refractivity contribution is -0.385. The summed E-state index contributed by atoms with van der Waals surface area (Å²) in [7, 11) is 0. The Bertz CT molecular complexity index is 1100. The third-order valence-electron chi connectivity index (χ3n) is 4.23. The van der Waals surface area contributed by atoms with Crippen LogP contribution in [0.4, 0.5) is 5.69 Å². The number of nitrogens with zero attached hydrogens (tertiary/aromatic N) is 3. The quantitative estimate of drug-likeness (QED) is 0.361. The summed E-state index contributed by atoms with van der Waals surface area (Å²) in [5.74, 6) is -1.19. The molecular weight excluding hydrogens is 388 g/mol. The highest BCUT2D eigenvalue weighted by Gasteiger charge is 2.27. The van der Waals surface area contributed by atoms with Crippen LogP contribution in [0.15, 0.2) is 54.7 Å². The molecule has 3 aromatic rings. The van der Waals surface area contributed by atoms with Gasteiger partial charge in [0.15, 0.2) is 0 Å². The summed E-state index contributed by atoms with van der Waals surface area (Å²) < 4.78 is 5.16. The minimum atomic E-state index is -0.973. The molecule has 1 N–H and O–H groups in total. The number of nitro benzene ring substituents is 1. The molecule has 0 aliphatic heterocycles. The van der Waals surface area contributed by atoms with Gasteiger partial charge in [0.05, 0.1) is 46.3 Å². The van der Waals surface area contributed by atoms with E-state index in [9.17, 15) is 19.7 Å². The van der Waals surface area contributed by atoms with Gasteiger partial charge in [0, 0.05) is 6.07 Å². The Balaban J connectivity index is 1.92. The van der Waals surface area contributed by atoms with Crippen molar-refractivity contribution in [2.24, 2.45) is 0 Å². The number of amides is 1. The first kappa shape index (κ1) is 20.8. The van der Waals surface area contributed by atoms with Crippen LogP contribution < -0.4 is 5.32 Å². The molecule has 1 amide bonds. The third kappa shape index (κ3) is 4.93. The van der Waals surface area contributed by atoms with E-state index in [-0.39, 0.29) is 29.5 Å². The maximum Gasteiger partial charge on any atom is 0.308 e. The maximum atomic E-state index is 12.8. The van der Waals surface area contributed by atoms with Crippen LogP contribution in [0.3, 0.4) is 0 Å². The first-order valence-electron chi connectivity index (χ1n) is 9.30. The summed E-state index contributed by atoms with van der Waals surface area (Å²) in [6.45, 7) is 3.39. The van der Waals surface area contributed by atoms with Crippen molar-refractivity contribution in [3.8, 4) is 0 Å². The SMILES string of the molecule is CC(C)OC(=O)C[C@@H](NC(=O)c1cnc2ccccc2n1)c1ccccc1[N+](=O)[O-]. The number of carbonyl (C=O) groups excluding carboxylic acids is 2. The molecule has 1 atom stereocenters. The molecule has 2 aromatic carbocycles. The summed E-state index contributed by atoms with van der Waals surface area (Å²) in [4.78, 5) is 44.4. The smallest absolute Gasteiger partial charge is 0.308 e. The van der Waals surface area contributed by atoms with Crippen molar-refractivity contribution in [3.63, 3.8) is 0 Å². The summed E-state index contributed by atoms with van der Waals surface area (Å²) in [5, 5.41) is 14.1. The molecule has 0 saturated carbocycles. The zero-order chi connectivity index (χ0) is 21.7. The molecule has 0 fully saturated rings. The molecule has 30 heavy (non-hydrogen) atoms. The van der Waals surface area contributed by atoms with Crippen molar-refractivity contribution >= 4 is 28.6 Å². The average molecular weight is 408 g/mol. The number of ether oxygens (including phenoxy) is 1. The van der Waals surface area contributed by atoms with Crippen LogP contribution in [0.5, 0.6) is 0 Å². The Morgan fingerprint density at radius 2 is 1.77 bits per heavy atom. The van der Waals surface area contributed by atoms with E-state index in [0.29, 0.717) is 11.0 Å². The lowest BCUT2D eigenvalue weighted by Crippen LogP contribution is -2.32. The van der Waals surface area contributed by atoms with Gasteiger partial charge < -0.3 is 10.1 Å². The Morgan fingerprint density at radius 3 is 2.47 bits per heavy atom. The second-order valence-corrected chi connectivity index (χ2v) is 6.83. The van der Waals surface area contributed by atoms with Gasteiger partial charge in [0.2, 0.25) is 0 Å². The van der Waals surface area contributed by atoms with Crippen LogP contribution in [0.25, 0.3) is 11.0 Å². The van der Waals surface area contributed by atoms with Crippen LogP contribution in [0.1, 0.15) is 42.4 Å². The van der Waals surface area contributed by atoms with Gasteiger partial charge >= 0.3 is 5.97 Å². The van der Waals surface area contributed by atoms with E-state index < -0.39 is 22.8 Å². The molecule has 154 valence electrons. The van der Waals surface area contributed by atoms with Gasteiger partial charge in [-0.25, -0.2) is 4.98 Å². The number of rotatable bonds is 7. The van der Waals surface area contributed by atoms with Crippen molar-refractivity contribution in [1.82, 2.24) is 15.3 Å². The minimum absolute atomic E-state index is 0.0366. The fourth-order valence-corrected chi connectivity index (χ4v) is 2.96. The predicted molar refractivity (Wildman–Crippen MR) is 109 cm³/mol.